The predicted molar refractivity (Wildman–Crippen MR) is 189 cm³/mol. The van der Waals surface area contributed by atoms with E-state index in [2.05, 4.69) is 116 Å². The zero-order valence-electron chi connectivity index (χ0n) is 25.4. The number of benzene rings is 5. The molecule has 0 saturated heterocycles. The van der Waals surface area contributed by atoms with Crippen LogP contribution >= 0.6 is 0 Å². The van der Waals surface area contributed by atoms with Gasteiger partial charge in [0.15, 0.2) is 5.82 Å². The van der Waals surface area contributed by atoms with Gasteiger partial charge in [0.25, 0.3) is 0 Å². The second-order valence-corrected chi connectivity index (χ2v) is 11.4. The summed E-state index contributed by atoms with van der Waals surface area (Å²) in [6.45, 7) is 2.20. The molecule has 0 atom stereocenters. The van der Waals surface area contributed by atoms with Gasteiger partial charge in [-0.3, -0.25) is 0 Å². The molecule has 4 heteroatoms. The normalized spacial score (nSPS) is 11.2. The lowest BCUT2D eigenvalue weighted by atomic mass is 9.99. The largest absolute Gasteiger partial charge is 0.245 e. The Balaban J connectivity index is 1.27. The highest BCUT2D eigenvalue weighted by atomic mass is 14.9. The molecule has 218 valence electrons. The quantitative estimate of drug-likeness (QED) is 0.181. The van der Waals surface area contributed by atoms with E-state index in [1.165, 1.54) is 5.56 Å². The number of nitrogens with zero attached hydrogens (tertiary/aromatic N) is 4. The summed E-state index contributed by atoms with van der Waals surface area (Å²) in [5.41, 5.74) is 11.9. The minimum Gasteiger partial charge on any atom is -0.245 e. The van der Waals surface area contributed by atoms with E-state index in [1.54, 1.807) is 0 Å². The third-order valence-electron chi connectivity index (χ3n) is 8.46. The predicted octanol–water partition coefficient (Wildman–Crippen LogP) is 10.5. The lowest BCUT2D eigenvalue weighted by molar-refractivity contribution is 1.15. The molecule has 0 amide bonds. The Morgan fingerprint density at radius 1 is 0.391 bits per heavy atom. The number of aryl methyl sites for hydroxylation is 1. The van der Waals surface area contributed by atoms with Gasteiger partial charge in [0.2, 0.25) is 0 Å². The van der Waals surface area contributed by atoms with Gasteiger partial charge in [-0.15, -0.1) is 0 Å². The van der Waals surface area contributed by atoms with Crippen molar-refractivity contribution in [3.05, 3.63) is 157 Å². The first-order valence-electron chi connectivity index (χ1n) is 15.6. The fraction of sp³-hybridized carbons (Fsp3) is 0.0476. The van der Waals surface area contributed by atoms with Gasteiger partial charge in [0.05, 0.1) is 33.8 Å². The maximum absolute atomic E-state index is 5.25. The highest BCUT2D eigenvalue weighted by Crippen LogP contribution is 2.33. The van der Waals surface area contributed by atoms with Crippen molar-refractivity contribution >= 4 is 21.8 Å². The van der Waals surface area contributed by atoms with Crippen molar-refractivity contribution in [3.63, 3.8) is 0 Å². The number of hydrogen-bond donors (Lipinski definition) is 0. The Morgan fingerprint density at radius 3 is 1.57 bits per heavy atom. The van der Waals surface area contributed by atoms with Crippen LogP contribution < -0.4 is 0 Å². The van der Waals surface area contributed by atoms with Crippen molar-refractivity contribution in [2.24, 2.45) is 0 Å². The van der Waals surface area contributed by atoms with E-state index < -0.39 is 0 Å². The van der Waals surface area contributed by atoms with Crippen LogP contribution in [0.15, 0.2) is 152 Å². The molecule has 0 saturated carbocycles. The standard InChI is InChI=1S/C42H30N4/c1-2-28-26-37(29-13-6-3-7-14-29)44-41-35(28)23-21-31-22-24-36(43-40(31)41)33-19-12-20-34(25-33)39-27-38(30-15-8-4-9-16-30)45-42(46-39)32-17-10-5-11-18-32/h3-27H,2H2,1H3. The molecule has 0 aliphatic heterocycles. The smallest absolute Gasteiger partial charge is 0.160 e. The highest BCUT2D eigenvalue weighted by molar-refractivity contribution is 6.05. The van der Waals surface area contributed by atoms with Gasteiger partial charge in [0, 0.05) is 38.6 Å². The molecule has 0 aliphatic carbocycles. The Bertz CT molecular complexity index is 2280. The van der Waals surface area contributed by atoms with E-state index in [9.17, 15) is 0 Å². The summed E-state index contributed by atoms with van der Waals surface area (Å²) < 4.78 is 0. The Kier molecular flexibility index (Phi) is 7.08. The van der Waals surface area contributed by atoms with Crippen LogP contribution in [0.5, 0.6) is 0 Å². The summed E-state index contributed by atoms with van der Waals surface area (Å²) in [6.07, 6.45) is 0.918. The average Bonchev–Trinajstić information content (AvgIpc) is 3.15. The van der Waals surface area contributed by atoms with Gasteiger partial charge in [-0.05, 0) is 36.2 Å². The third-order valence-corrected chi connectivity index (χ3v) is 8.46. The van der Waals surface area contributed by atoms with E-state index in [1.807, 2.05) is 42.5 Å². The Morgan fingerprint density at radius 2 is 0.913 bits per heavy atom. The van der Waals surface area contributed by atoms with Crippen molar-refractivity contribution in [1.82, 2.24) is 19.9 Å². The summed E-state index contributed by atoms with van der Waals surface area (Å²) in [7, 11) is 0. The van der Waals surface area contributed by atoms with Crippen molar-refractivity contribution in [1.29, 1.82) is 0 Å². The second-order valence-electron chi connectivity index (χ2n) is 11.4. The Hall–Kier alpha value is -6.00. The fourth-order valence-corrected chi connectivity index (χ4v) is 6.06. The minimum absolute atomic E-state index is 0.699. The fourth-order valence-electron chi connectivity index (χ4n) is 6.06. The molecule has 0 aliphatic rings. The summed E-state index contributed by atoms with van der Waals surface area (Å²) in [5.74, 6) is 0.699. The minimum atomic E-state index is 0.699. The molecule has 3 heterocycles. The molecule has 0 spiro atoms. The second kappa shape index (κ2) is 11.8. The van der Waals surface area contributed by atoms with Gasteiger partial charge in [-0.2, -0.15) is 0 Å². The van der Waals surface area contributed by atoms with Gasteiger partial charge < -0.3 is 0 Å². The van der Waals surface area contributed by atoms with Crippen molar-refractivity contribution in [3.8, 4) is 56.4 Å². The zero-order valence-corrected chi connectivity index (χ0v) is 25.4. The van der Waals surface area contributed by atoms with Crippen LogP contribution in [-0.2, 0) is 6.42 Å². The van der Waals surface area contributed by atoms with E-state index in [4.69, 9.17) is 19.9 Å². The highest BCUT2D eigenvalue weighted by Gasteiger charge is 2.14. The van der Waals surface area contributed by atoms with E-state index in [0.717, 1.165) is 78.8 Å². The van der Waals surface area contributed by atoms with Crippen LogP contribution in [0.1, 0.15) is 12.5 Å². The van der Waals surface area contributed by atoms with Gasteiger partial charge in [-0.25, -0.2) is 19.9 Å². The van der Waals surface area contributed by atoms with Crippen molar-refractivity contribution < 1.29 is 0 Å². The SMILES string of the molecule is CCc1cc(-c2ccccc2)nc2c1ccc1ccc(-c3cccc(-c4cc(-c5ccccc5)nc(-c5ccccc5)n4)c3)nc12. The molecular formula is C42H30N4. The molecule has 8 aromatic rings. The third kappa shape index (κ3) is 5.20. The molecule has 0 N–H and O–H groups in total. The maximum atomic E-state index is 5.25. The van der Waals surface area contributed by atoms with Crippen LogP contribution in [0.25, 0.3) is 78.2 Å². The number of fused-ring (bicyclic) bond motifs is 3. The molecule has 0 fully saturated rings. The number of pyridine rings is 2. The number of aromatic nitrogens is 4. The molecule has 8 rings (SSSR count). The average molecular weight is 591 g/mol. The summed E-state index contributed by atoms with van der Waals surface area (Å²) in [6, 6.07) is 52.1. The first-order chi connectivity index (χ1) is 22.7. The molecule has 4 nitrogen and oxygen atoms in total. The van der Waals surface area contributed by atoms with E-state index in [0.29, 0.717) is 5.82 Å². The molecule has 0 bridgehead atoms. The lowest BCUT2D eigenvalue weighted by Crippen LogP contribution is -1.96. The summed E-state index contributed by atoms with van der Waals surface area (Å²) in [5, 5.41) is 2.22. The summed E-state index contributed by atoms with van der Waals surface area (Å²) in [4.78, 5) is 20.4. The molecule has 5 aromatic carbocycles. The van der Waals surface area contributed by atoms with Crippen LogP contribution in [-0.4, -0.2) is 19.9 Å². The van der Waals surface area contributed by atoms with Crippen LogP contribution in [0.3, 0.4) is 0 Å². The van der Waals surface area contributed by atoms with E-state index in [-0.39, 0.29) is 0 Å². The Labute approximate surface area is 268 Å². The van der Waals surface area contributed by atoms with Gasteiger partial charge >= 0.3 is 0 Å². The molecule has 46 heavy (non-hydrogen) atoms. The molecular weight excluding hydrogens is 560 g/mol. The molecule has 3 aromatic heterocycles. The maximum Gasteiger partial charge on any atom is 0.160 e. The van der Waals surface area contributed by atoms with Crippen LogP contribution in [0.4, 0.5) is 0 Å². The van der Waals surface area contributed by atoms with Gasteiger partial charge in [0.1, 0.15) is 0 Å². The van der Waals surface area contributed by atoms with Crippen LogP contribution in [0.2, 0.25) is 0 Å². The molecule has 0 radical (unpaired) electrons. The van der Waals surface area contributed by atoms with Crippen LogP contribution in [0, 0.1) is 0 Å². The number of rotatable bonds is 6. The zero-order chi connectivity index (χ0) is 30.9. The van der Waals surface area contributed by atoms with Gasteiger partial charge in [-0.1, -0.05) is 134 Å². The lowest BCUT2D eigenvalue weighted by Gasteiger charge is -2.12. The van der Waals surface area contributed by atoms with Crippen molar-refractivity contribution in [2.75, 3.05) is 0 Å². The monoisotopic (exact) mass is 590 g/mol. The van der Waals surface area contributed by atoms with Crippen molar-refractivity contribution in [2.45, 2.75) is 13.3 Å². The summed E-state index contributed by atoms with van der Waals surface area (Å²) >= 11 is 0. The topological polar surface area (TPSA) is 51.6 Å². The first kappa shape index (κ1) is 27.5. The molecule has 0 unspecified atom stereocenters. The first-order valence-corrected chi connectivity index (χ1v) is 15.6. The van der Waals surface area contributed by atoms with E-state index >= 15 is 0 Å². The number of hydrogen-bond acceptors (Lipinski definition) is 4.